The zero-order valence-electron chi connectivity index (χ0n) is 6.24. The molecule has 1 N–H and O–H groups in total. The minimum atomic E-state index is -0.556. The van der Waals surface area contributed by atoms with Crippen molar-refractivity contribution in [1.82, 2.24) is 0 Å². The van der Waals surface area contributed by atoms with Crippen molar-refractivity contribution in [2.45, 2.75) is 32.6 Å². The van der Waals surface area contributed by atoms with E-state index in [2.05, 4.69) is 6.92 Å². The van der Waals surface area contributed by atoms with Crippen LogP contribution >= 0.6 is 18.6 Å². The summed E-state index contributed by atoms with van der Waals surface area (Å²) in [6, 6.07) is 0. The summed E-state index contributed by atoms with van der Waals surface area (Å²) < 4.78 is 0. The molecule has 0 saturated heterocycles. The number of hydrogen-bond acceptors (Lipinski definition) is 1. The SMILES string of the molecule is CCCCCCO.[Cl][Ti][Cl]. The summed E-state index contributed by atoms with van der Waals surface area (Å²) in [5.41, 5.74) is 0. The normalized spacial score (nSPS) is 8.00. The molecule has 0 aliphatic heterocycles. The molecule has 0 heterocycles. The molecular formula is C6H14Cl2OTi. The summed E-state index contributed by atoms with van der Waals surface area (Å²) in [5, 5.41) is 8.29. The van der Waals surface area contributed by atoms with Crippen molar-refractivity contribution < 1.29 is 22.1 Å². The van der Waals surface area contributed by atoms with Gasteiger partial charge in [-0.05, 0) is 6.42 Å². The van der Waals surface area contributed by atoms with Crippen LogP contribution in [0.4, 0.5) is 0 Å². The van der Waals surface area contributed by atoms with Crippen LogP contribution in [0.5, 0.6) is 0 Å². The summed E-state index contributed by atoms with van der Waals surface area (Å²) in [7, 11) is 9.78. The van der Waals surface area contributed by atoms with Gasteiger partial charge >= 0.3 is 35.6 Å². The molecule has 1 nitrogen and oxygen atoms in total. The molecule has 62 valence electrons. The first-order valence-electron chi connectivity index (χ1n) is 3.40. The Morgan fingerprint density at radius 1 is 1.20 bits per heavy atom. The first-order chi connectivity index (χ1) is 4.83. The van der Waals surface area contributed by atoms with Gasteiger partial charge in [-0.3, -0.25) is 0 Å². The molecule has 0 saturated carbocycles. The van der Waals surface area contributed by atoms with Crippen LogP contribution in [0.1, 0.15) is 32.6 Å². The first kappa shape index (κ1) is 13.8. The average molecular weight is 221 g/mol. The quantitative estimate of drug-likeness (QED) is 0.571. The molecule has 0 aromatic carbocycles. The summed E-state index contributed by atoms with van der Waals surface area (Å²) >= 11 is -0.556. The van der Waals surface area contributed by atoms with Crippen LogP contribution in [0.25, 0.3) is 0 Å². The van der Waals surface area contributed by atoms with E-state index < -0.39 is 17.0 Å². The third kappa shape index (κ3) is 22.8. The van der Waals surface area contributed by atoms with Crippen LogP contribution in [0.15, 0.2) is 0 Å². The van der Waals surface area contributed by atoms with Gasteiger partial charge < -0.3 is 5.11 Å². The molecule has 0 atom stereocenters. The van der Waals surface area contributed by atoms with Crippen molar-refractivity contribution in [1.29, 1.82) is 0 Å². The molecule has 0 spiro atoms. The van der Waals surface area contributed by atoms with Gasteiger partial charge in [0.05, 0.1) is 0 Å². The molecule has 0 bridgehead atoms. The van der Waals surface area contributed by atoms with Crippen LogP contribution in [0.3, 0.4) is 0 Å². The molecule has 0 radical (unpaired) electrons. The van der Waals surface area contributed by atoms with E-state index in [-0.39, 0.29) is 0 Å². The van der Waals surface area contributed by atoms with E-state index in [0.717, 1.165) is 6.42 Å². The number of hydrogen-bond donors (Lipinski definition) is 1. The third-order valence-electron chi connectivity index (χ3n) is 1.01. The number of unbranched alkanes of at least 4 members (excludes halogenated alkanes) is 3. The van der Waals surface area contributed by atoms with Crippen LogP contribution in [-0.2, 0) is 17.0 Å². The molecular weight excluding hydrogens is 207 g/mol. The van der Waals surface area contributed by atoms with Gasteiger partial charge in [-0.15, -0.1) is 0 Å². The zero-order valence-corrected chi connectivity index (χ0v) is 9.31. The van der Waals surface area contributed by atoms with Gasteiger partial charge in [0.1, 0.15) is 0 Å². The molecule has 0 rings (SSSR count). The van der Waals surface area contributed by atoms with E-state index >= 15 is 0 Å². The Labute approximate surface area is 79.8 Å². The van der Waals surface area contributed by atoms with E-state index in [9.17, 15) is 0 Å². The number of rotatable bonds is 4. The average Bonchev–Trinajstić information content (AvgIpc) is 1.91. The van der Waals surface area contributed by atoms with Crippen LogP contribution < -0.4 is 0 Å². The first-order valence-corrected chi connectivity index (χ1v) is 7.70. The van der Waals surface area contributed by atoms with Crippen molar-refractivity contribution >= 4 is 18.6 Å². The Balaban J connectivity index is 0. The van der Waals surface area contributed by atoms with Gasteiger partial charge in [0.2, 0.25) is 0 Å². The topological polar surface area (TPSA) is 20.2 Å². The predicted molar refractivity (Wildman–Crippen MR) is 42.9 cm³/mol. The van der Waals surface area contributed by atoms with E-state index in [4.69, 9.17) is 23.7 Å². The van der Waals surface area contributed by atoms with E-state index in [1.54, 1.807) is 0 Å². The monoisotopic (exact) mass is 220 g/mol. The maximum absolute atomic E-state index is 8.29. The summed E-state index contributed by atoms with van der Waals surface area (Å²) in [6.45, 7) is 2.53. The predicted octanol–water partition coefficient (Wildman–Crippen LogP) is 2.94. The molecule has 0 unspecified atom stereocenters. The second kappa shape index (κ2) is 16.7. The van der Waals surface area contributed by atoms with Crippen molar-refractivity contribution in [2.24, 2.45) is 0 Å². The summed E-state index contributed by atoms with van der Waals surface area (Å²) in [4.78, 5) is 0. The van der Waals surface area contributed by atoms with Gasteiger partial charge in [0, 0.05) is 6.61 Å². The van der Waals surface area contributed by atoms with Gasteiger partial charge in [-0.25, -0.2) is 0 Å². The van der Waals surface area contributed by atoms with E-state index in [1.807, 2.05) is 0 Å². The fourth-order valence-electron chi connectivity index (χ4n) is 0.539. The molecule has 0 aromatic heterocycles. The number of aliphatic hydroxyl groups is 1. The molecule has 0 amide bonds. The standard InChI is InChI=1S/C6H14O.2ClH.Ti/c1-2-3-4-5-6-7;;;/h7H,2-6H2,1H3;2*1H;/q;;;+2/p-2. The Morgan fingerprint density at radius 3 is 2.00 bits per heavy atom. The van der Waals surface area contributed by atoms with Crippen molar-refractivity contribution in [3.05, 3.63) is 0 Å². The Bertz CT molecular complexity index is 42.7. The van der Waals surface area contributed by atoms with E-state index in [1.165, 1.54) is 19.3 Å². The van der Waals surface area contributed by atoms with Crippen LogP contribution in [0.2, 0.25) is 0 Å². The Kier molecular flexibility index (Phi) is 23.1. The van der Waals surface area contributed by atoms with Crippen LogP contribution in [-0.4, -0.2) is 11.7 Å². The molecule has 0 aliphatic rings. The van der Waals surface area contributed by atoms with Gasteiger partial charge in [0.15, 0.2) is 0 Å². The molecule has 10 heavy (non-hydrogen) atoms. The molecule has 0 aromatic rings. The second-order valence-electron chi connectivity index (χ2n) is 1.86. The van der Waals surface area contributed by atoms with E-state index in [0.29, 0.717) is 6.61 Å². The van der Waals surface area contributed by atoms with Gasteiger partial charge in [0.25, 0.3) is 0 Å². The number of aliphatic hydroxyl groups excluding tert-OH is 1. The van der Waals surface area contributed by atoms with Gasteiger partial charge in [-0.2, -0.15) is 0 Å². The third-order valence-corrected chi connectivity index (χ3v) is 1.01. The van der Waals surface area contributed by atoms with Crippen molar-refractivity contribution in [3.8, 4) is 0 Å². The molecule has 4 heteroatoms. The second-order valence-corrected chi connectivity index (χ2v) is 4.43. The maximum atomic E-state index is 8.29. The van der Waals surface area contributed by atoms with Gasteiger partial charge in [-0.1, -0.05) is 26.2 Å². The zero-order chi connectivity index (χ0) is 8.24. The Morgan fingerprint density at radius 2 is 1.70 bits per heavy atom. The van der Waals surface area contributed by atoms with Crippen molar-refractivity contribution in [2.75, 3.05) is 6.61 Å². The van der Waals surface area contributed by atoms with Crippen molar-refractivity contribution in [3.63, 3.8) is 0 Å². The Hall–Kier alpha value is 1.25. The molecule has 0 fully saturated rings. The fourth-order valence-corrected chi connectivity index (χ4v) is 0.539. The fraction of sp³-hybridized carbons (Fsp3) is 1.00. The van der Waals surface area contributed by atoms with Crippen LogP contribution in [0, 0.1) is 0 Å². The summed E-state index contributed by atoms with van der Waals surface area (Å²) in [5.74, 6) is 0. The number of halogens is 2. The minimum absolute atomic E-state index is 0.361. The molecule has 0 aliphatic carbocycles. The summed E-state index contributed by atoms with van der Waals surface area (Å²) in [6.07, 6.45) is 4.68.